The van der Waals surface area contributed by atoms with Crippen LogP contribution in [0.25, 0.3) is 0 Å². The summed E-state index contributed by atoms with van der Waals surface area (Å²) in [7, 11) is 0. The van der Waals surface area contributed by atoms with Gasteiger partial charge in [0.2, 0.25) is 0 Å². The van der Waals surface area contributed by atoms with Gasteiger partial charge in [0.15, 0.2) is 0 Å². The molecule has 0 amide bonds. The summed E-state index contributed by atoms with van der Waals surface area (Å²) in [5.41, 5.74) is 0.388. The Balaban J connectivity index is 1.65. The highest BCUT2D eigenvalue weighted by molar-refractivity contribution is 5.79. The minimum Gasteiger partial charge on any atom is -0.462 e. The van der Waals surface area contributed by atoms with Crippen molar-refractivity contribution in [3.05, 3.63) is 11.6 Å². The lowest BCUT2D eigenvalue weighted by Crippen LogP contribution is -2.63. The zero-order valence-corrected chi connectivity index (χ0v) is 17.2. The number of allylic oxidation sites excluding steroid dienone is 1. The number of fused-ring (bicyclic) bond motifs is 5. The van der Waals surface area contributed by atoms with Crippen molar-refractivity contribution in [1.29, 1.82) is 0 Å². The Bertz CT molecular complexity index is 696. The molecule has 27 heavy (non-hydrogen) atoms. The van der Waals surface area contributed by atoms with Gasteiger partial charge in [-0.3, -0.25) is 9.59 Å². The fourth-order valence-electron chi connectivity index (χ4n) is 7.56. The lowest BCUT2D eigenvalue weighted by molar-refractivity contribution is -0.190. The predicted octanol–water partition coefficient (Wildman–Crippen LogP) is 4.20. The van der Waals surface area contributed by atoms with Crippen molar-refractivity contribution in [1.82, 2.24) is 0 Å². The average molecular weight is 375 g/mol. The molecule has 4 aliphatic rings. The Morgan fingerprint density at radius 1 is 1.07 bits per heavy atom. The molecule has 0 radical (unpaired) electrons. The Morgan fingerprint density at radius 3 is 2.48 bits per heavy atom. The van der Waals surface area contributed by atoms with Gasteiger partial charge < -0.3 is 9.84 Å². The van der Waals surface area contributed by atoms with Crippen molar-refractivity contribution in [3.8, 4) is 0 Å². The summed E-state index contributed by atoms with van der Waals surface area (Å²) in [5, 5.41) is 12.1. The van der Waals surface area contributed by atoms with Crippen molar-refractivity contribution < 1.29 is 19.4 Å². The average Bonchev–Trinajstić information content (AvgIpc) is 2.93. The zero-order valence-electron chi connectivity index (χ0n) is 17.2. The quantitative estimate of drug-likeness (QED) is 0.581. The monoisotopic (exact) mass is 374 g/mol. The van der Waals surface area contributed by atoms with E-state index in [1.165, 1.54) is 12.5 Å². The molecule has 4 heteroatoms. The summed E-state index contributed by atoms with van der Waals surface area (Å²) < 4.78 is 5.48. The van der Waals surface area contributed by atoms with Crippen LogP contribution in [-0.4, -0.2) is 28.6 Å². The van der Waals surface area contributed by atoms with Crippen LogP contribution in [0.15, 0.2) is 11.6 Å². The predicted molar refractivity (Wildman–Crippen MR) is 103 cm³/mol. The number of ether oxygens (including phenoxy) is 1. The second-order valence-electron chi connectivity index (χ2n) is 10.2. The molecule has 0 unspecified atom stereocenters. The van der Waals surface area contributed by atoms with Crippen molar-refractivity contribution in [2.75, 3.05) is 0 Å². The molecule has 4 nitrogen and oxygen atoms in total. The topological polar surface area (TPSA) is 63.6 Å². The van der Waals surface area contributed by atoms with Crippen LogP contribution < -0.4 is 0 Å². The van der Waals surface area contributed by atoms with Crippen LogP contribution in [0.5, 0.6) is 0 Å². The Kier molecular flexibility index (Phi) is 4.38. The molecule has 0 bridgehead atoms. The number of esters is 1. The van der Waals surface area contributed by atoms with Crippen molar-refractivity contribution in [3.63, 3.8) is 0 Å². The molecule has 1 N–H and O–H groups in total. The highest BCUT2D eigenvalue weighted by atomic mass is 16.5. The molecule has 4 aliphatic carbocycles. The SMILES string of the molecule is CC(=O)O[C@H]1CC[C@@]2(C)C(=CC[C@H]3[C@@H]4CC[C@H](C(C)=O)[C@@]4(C)CC[C@@]32O)C1. The number of hydrogen-bond acceptors (Lipinski definition) is 4. The first-order valence-electron chi connectivity index (χ1n) is 10.7. The molecular formula is C23H34O4. The van der Waals surface area contributed by atoms with Crippen LogP contribution in [0.2, 0.25) is 0 Å². The number of carbonyl (C=O) groups excluding carboxylic acids is 2. The Labute approximate surface area is 162 Å². The fraction of sp³-hybridized carbons (Fsp3) is 0.826. The molecule has 0 aromatic rings. The molecule has 0 aliphatic heterocycles. The maximum Gasteiger partial charge on any atom is 0.302 e. The van der Waals surface area contributed by atoms with Crippen LogP contribution in [0.4, 0.5) is 0 Å². The second-order valence-corrected chi connectivity index (χ2v) is 10.2. The largest absolute Gasteiger partial charge is 0.462 e. The van der Waals surface area contributed by atoms with Gasteiger partial charge in [-0.15, -0.1) is 0 Å². The molecule has 3 fully saturated rings. The van der Waals surface area contributed by atoms with Crippen LogP contribution in [0.1, 0.15) is 79.1 Å². The van der Waals surface area contributed by atoms with Crippen molar-refractivity contribution in [2.24, 2.45) is 28.6 Å². The third kappa shape index (κ3) is 2.58. The summed E-state index contributed by atoms with van der Waals surface area (Å²) in [6, 6.07) is 0. The minimum absolute atomic E-state index is 0.0410. The van der Waals surface area contributed by atoms with Gasteiger partial charge in [0, 0.05) is 24.7 Å². The van der Waals surface area contributed by atoms with Gasteiger partial charge >= 0.3 is 5.97 Å². The van der Waals surface area contributed by atoms with E-state index in [0.29, 0.717) is 11.7 Å². The summed E-state index contributed by atoms with van der Waals surface area (Å²) in [6.45, 7) is 7.75. The standard InChI is InChI=1S/C23H34O4/c1-14(24)18-7-8-19-20-6-5-16-13-17(27-15(2)25)9-10-22(16,4)23(20,26)12-11-21(18,19)3/h5,17-20,26H,6-13H2,1-4H3/t17-,18+,19-,20-,21+,22-,23+/m0/s1. The van der Waals surface area contributed by atoms with Gasteiger partial charge in [-0.05, 0) is 69.1 Å². The highest BCUT2D eigenvalue weighted by Crippen LogP contribution is 2.67. The van der Waals surface area contributed by atoms with E-state index in [1.807, 2.05) is 0 Å². The highest BCUT2D eigenvalue weighted by Gasteiger charge is 2.65. The van der Waals surface area contributed by atoms with Gasteiger partial charge in [0.1, 0.15) is 11.9 Å². The van der Waals surface area contributed by atoms with E-state index in [0.717, 1.165) is 51.4 Å². The Hall–Kier alpha value is -1.16. The first kappa shape index (κ1) is 19.2. The van der Waals surface area contributed by atoms with Crippen LogP contribution in [0.3, 0.4) is 0 Å². The molecule has 7 atom stereocenters. The van der Waals surface area contributed by atoms with E-state index in [-0.39, 0.29) is 34.7 Å². The van der Waals surface area contributed by atoms with Gasteiger partial charge in [-0.1, -0.05) is 25.5 Å². The lowest BCUT2D eigenvalue weighted by atomic mass is 9.45. The minimum atomic E-state index is -0.700. The number of Topliss-reactive ketones (excluding diaryl/α,β-unsaturated/α-hetero) is 1. The molecule has 3 saturated carbocycles. The number of carbonyl (C=O) groups is 2. The molecule has 150 valence electrons. The molecule has 0 heterocycles. The smallest absolute Gasteiger partial charge is 0.302 e. The maximum atomic E-state index is 12.2. The van der Waals surface area contributed by atoms with E-state index in [4.69, 9.17) is 4.74 Å². The van der Waals surface area contributed by atoms with E-state index >= 15 is 0 Å². The third-order valence-electron chi connectivity index (χ3n) is 9.07. The molecule has 4 rings (SSSR count). The lowest BCUT2D eigenvalue weighted by Gasteiger charge is -2.62. The summed E-state index contributed by atoms with van der Waals surface area (Å²) in [6.07, 6.45) is 9.36. The molecule has 0 saturated heterocycles. The van der Waals surface area contributed by atoms with E-state index in [2.05, 4.69) is 19.9 Å². The van der Waals surface area contributed by atoms with Crippen molar-refractivity contribution in [2.45, 2.75) is 90.8 Å². The molecular weight excluding hydrogens is 340 g/mol. The fourth-order valence-corrected chi connectivity index (χ4v) is 7.56. The van der Waals surface area contributed by atoms with E-state index in [1.54, 1.807) is 6.92 Å². The number of aliphatic hydroxyl groups is 1. The first-order chi connectivity index (χ1) is 12.6. The van der Waals surface area contributed by atoms with E-state index in [9.17, 15) is 14.7 Å². The number of rotatable bonds is 2. The maximum absolute atomic E-state index is 12.2. The first-order valence-corrected chi connectivity index (χ1v) is 10.7. The summed E-state index contributed by atoms with van der Waals surface area (Å²) in [5.74, 6) is 0.923. The summed E-state index contributed by atoms with van der Waals surface area (Å²) in [4.78, 5) is 23.6. The summed E-state index contributed by atoms with van der Waals surface area (Å²) >= 11 is 0. The normalized spacial score (nSPS) is 48.7. The van der Waals surface area contributed by atoms with Crippen LogP contribution in [-0.2, 0) is 14.3 Å². The van der Waals surface area contributed by atoms with Crippen LogP contribution in [0, 0.1) is 28.6 Å². The third-order valence-corrected chi connectivity index (χ3v) is 9.07. The Morgan fingerprint density at radius 2 is 1.81 bits per heavy atom. The van der Waals surface area contributed by atoms with Crippen LogP contribution >= 0.6 is 0 Å². The molecule has 0 aromatic carbocycles. The van der Waals surface area contributed by atoms with Crippen molar-refractivity contribution >= 4 is 11.8 Å². The van der Waals surface area contributed by atoms with Gasteiger partial charge in [0.25, 0.3) is 0 Å². The number of hydrogen-bond donors (Lipinski definition) is 1. The number of ketones is 1. The molecule has 0 spiro atoms. The van der Waals surface area contributed by atoms with Gasteiger partial charge in [-0.2, -0.15) is 0 Å². The van der Waals surface area contributed by atoms with Gasteiger partial charge in [-0.25, -0.2) is 0 Å². The van der Waals surface area contributed by atoms with E-state index < -0.39 is 5.60 Å². The second kappa shape index (κ2) is 6.17. The zero-order chi connectivity index (χ0) is 19.6. The molecule has 0 aromatic heterocycles. The van der Waals surface area contributed by atoms with Gasteiger partial charge in [0.05, 0.1) is 5.60 Å².